The fraction of sp³-hybridized carbons (Fsp3) is 0.462. The Morgan fingerprint density at radius 2 is 2.17 bits per heavy atom. The van der Waals surface area contributed by atoms with Crippen LogP contribution < -0.4 is 4.90 Å². The second-order valence-electron chi connectivity index (χ2n) is 4.66. The highest BCUT2D eigenvalue weighted by molar-refractivity contribution is 9.10. The molecule has 0 aromatic heterocycles. The molecule has 0 bridgehead atoms. The third-order valence-corrected chi connectivity index (χ3v) is 3.93. The summed E-state index contributed by atoms with van der Waals surface area (Å²) in [5.74, 6) is -0.743. The number of carbonyl (C=O) groups is 1. The van der Waals surface area contributed by atoms with Crippen molar-refractivity contribution in [3.05, 3.63) is 28.7 Å². The van der Waals surface area contributed by atoms with E-state index in [0.29, 0.717) is 0 Å². The average Bonchev–Trinajstić information content (AvgIpc) is 2.30. The van der Waals surface area contributed by atoms with E-state index in [9.17, 15) is 4.79 Å². The predicted molar refractivity (Wildman–Crippen MR) is 75.0 cm³/mol. The van der Waals surface area contributed by atoms with Gasteiger partial charge < -0.3 is 14.9 Å². The lowest BCUT2D eigenvalue weighted by Gasteiger charge is -2.41. The second-order valence-corrected chi connectivity index (χ2v) is 5.51. The fourth-order valence-corrected chi connectivity index (χ4v) is 2.90. The molecule has 1 aliphatic heterocycles. The molecule has 1 aromatic rings. The molecule has 0 radical (unpaired) electrons. The molecule has 1 heterocycles. The number of hydrogen-bond acceptors (Lipinski definition) is 3. The minimum absolute atomic E-state index is 0.0277. The summed E-state index contributed by atoms with van der Waals surface area (Å²) in [4.78, 5) is 15.4. The van der Waals surface area contributed by atoms with Crippen molar-refractivity contribution in [2.45, 2.75) is 12.5 Å². The number of carboxylic acid groups (broad SMARTS) is 1. The lowest BCUT2D eigenvalue weighted by atomic mass is 10.1. The van der Waals surface area contributed by atoms with Gasteiger partial charge in [-0.15, -0.1) is 0 Å². The Morgan fingerprint density at radius 1 is 1.44 bits per heavy atom. The lowest BCUT2D eigenvalue weighted by molar-refractivity contribution is -0.137. The maximum Gasteiger partial charge on any atom is 0.305 e. The van der Waals surface area contributed by atoms with Crippen molar-refractivity contribution in [3.8, 4) is 0 Å². The van der Waals surface area contributed by atoms with E-state index >= 15 is 0 Å². The van der Waals surface area contributed by atoms with Crippen molar-refractivity contribution in [1.82, 2.24) is 4.90 Å². The Hall–Kier alpha value is -1.07. The van der Waals surface area contributed by atoms with E-state index in [-0.39, 0.29) is 12.5 Å². The quantitative estimate of drug-likeness (QED) is 0.927. The molecule has 1 aliphatic rings. The Labute approximate surface area is 115 Å². The molecule has 18 heavy (non-hydrogen) atoms. The van der Waals surface area contributed by atoms with Crippen LogP contribution in [0, 0.1) is 0 Å². The summed E-state index contributed by atoms with van der Waals surface area (Å²) in [6, 6.07) is 8.00. The zero-order valence-electron chi connectivity index (χ0n) is 10.3. The highest BCUT2D eigenvalue weighted by Crippen LogP contribution is 2.29. The Bertz CT molecular complexity index is 439. The van der Waals surface area contributed by atoms with Gasteiger partial charge in [-0.3, -0.25) is 4.79 Å². The van der Waals surface area contributed by atoms with Crippen molar-refractivity contribution in [3.63, 3.8) is 0 Å². The number of para-hydroxylation sites is 1. The van der Waals surface area contributed by atoms with Crippen molar-refractivity contribution in [2.75, 3.05) is 31.6 Å². The number of hydrogen-bond donors (Lipinski definition) is 1. The van der Waals surface area contributed by atoms with Gasteiger partial charge in [-0.05, 0) is 35.1 Å². The van der Waals surface area contributed by atoms with Crippen molar-refractivity contribution >= 4 is 27.6 Å². The number of carboxylic acids is 1. The van der Waals surface area contributed by atoms with E-state index in [1.165, 1.54) is 0 Å². The van der Waals surface area contributed by atoms with Gasteiger partial charge in [-0.2, -0.15) is 0 Å². The maximum absolute atomic E-state index is 11.0. The molecule has 0 aliphatic carbocycles. The topological polar surface area (TPSA) is 43.8 Å². The molecule has 0 saturated carbocycles. The highest BCUT2D eigenvalue weighted by atomic mass is 79.9. The monoisotopic (exact) mass is 312 g/mol. The molecule has 5 heteroatoms. The molecule has 0 spiro atoms. The maximum atomic E-state index is 11.0. The van der Waals surface area contributed by atoms with Crippen LogP contribution in [0.4, 0.5) is 5.69 Å². The minimum atomic E-state index is -0.743. The highest BCUT2D eigenvalue weighted by Gasteiger charge is 2.28. The lowest BCUT2D eigenvalue weighted by Crippen LogP contribution is -2.52. The van der Waals surface area contributed by atoms with Crippen molar-refractivity contribution < 1.29 is 9.90 Å². The molecule has 4 nitrogen and oxygen atoms in total. The smallest absolute Gasteiger partial charge is 0.305 e. The van der Waals surface area contributed by atoms with Crippen LogP contribution in [0.25, 0.3) is 0 Å². The Balaban J connectivity index is 2.23. The van der Waals surface area contributed by atoms with Gasteiger partial charge in [0.2, 0.25) is 0 Å². The number of benzene rings is 1. The van der Waals surface area contributed by atoms with Crippen LogP contribution in [-0.4, -0.2) is 48.7 Å². The van der Waals surface area contributed by atoms with Gasteiger partial charge in [0, 0.05) is 24.1 Å². The first kappa shape index (κ1) is 13.4. The molecule has 1 N–H and O–H groups in total. The zero-order valence-corrected chi connectivity index (χ0v) is 11.9. The fourth-order valence-electron chi connectivity index (χ4n) is 2.39. The van der Waals surface area contributed by atoms with Crippen molar-refractivity contribution in [1.29, 1.82) is 0 Å². The zero-order chi connectivity index (χ0) is 13.1. The number of nitrogens with zero attached hydrogens (tertiary/aromatic N) is 2. The third-order valence-electron chi connectivity index (χ3n) is 3.26. The van der Waals surface area contributed by atoms with Gasteiger partial charge in [0.25, 0.3) is 0 Å². The molecule has 0 amide bonds. The van der Waals surface area contributed by atoms with Gasteiger partial charge in [0.05, 0.1) is 18.2 Å². The molecule has 1 aromatic carbocycles. The number of rotatable bonds is 3. The first-order chi connectivity index (χ1) is 8.58. The first-order valence-corrected chi connectivity index (χ1v) is 6.78. The average molecular weight is 313 g/mol. The van der Waals surface area contributed by atoms with Gasteiger partial charge in [-0.25, -0.2) is 0 Å². The molecular weight excluding hydrogens is 296 g/mol. The summed E-state index contributed by atoms with van der Waals surface area (Å²) in [5.41, 5.74) is 1.08. The summed E-state index contributed by atoms with van der Waals surface area (Å²) in [5, 5.41) is 9.03. The van der Waals surface area contributed by atoms with Crippen LogP contribution in [0.1, 0.15) is 6.42 Å². The van der Waals surface area contributed by atoms with E-state index < -0.39 is 5.97 Å². The van der Waals surface area contributed by atoms with Crippen LogP contribution in [-0.2, 0) is 4.79 Å². The molecule has 1 fully saturated rings. The summed E-state index contributed by atoms with van der Waals surface area (Å²) in [6.07, 6.45) is 0.172. The molecule has 1 saturated heterocycles. The van der Waals surface area contributed by atoms with Crippen LogP contribution in [0.3, 0.4) is 0 Å². The van der Waals surface area contributed by atoms with E-state index in [2.05, 4.69) is 25.7 Å². The van der Waals surface area contributed by atoms with Crippen LogP contribution in [0.15, 0.2) is 28.7 Å². The second kappa shape index (κ2) is 5.71. The van der Waals surface area contributed by atoms with E-state index in [4.69, 9.17) is 5.11 Å². The summed E-state index contributed by atoms with van der Waals surface area (Å²) in [6.45, 7) is 2.60. The predicted octanol–water partition coefficient (Wildman–Crippen LogP) is 2.04. The number of anilines is 1. The van der Waals surface area contributed by atoms with Crippen LogP contribution >= 0.6 is 15.9 Å². The van der Waals surface area contributed by atoms with E-state index in [0.717, 1.165) is 29.8 Å². The first-order valence-electron chi connectivity index (χ1n) is 5.99. The molecule has 1 unspecified atom stereocenters. The SMILES string of the molecule is CN1CCN(c2ccccc2Br)C(CC(=O)O)C1. The molecule has 98 valence electrons. The standard InChI is InChI=1S/C13H17BrN2O2/c1-15-6-7-16(10(9-15)8-13(17)18)12-5-3-2-4-11(12)14/h2-5,10H,6-9H2,1H3,(H,17,18). The van der Waals surface area contributed by atoms with Crippen LogP contribution in [0.2, 0.25) is 0 Å². The van der Waals surface area contributed by atoms with Crippen LogP contribution in [0.5, 0.6) is 0 Å². The number of aliphatic carboxylic acids is 1. The van der Waals surface area contributed by atoms with Gasteiger partial charge in [0.15, 0.2) is 0 Å². The molecule has 2 rings (SSSR count). The summed E-state index contributed by atoms with van der Waals surface area (Å²) in [7, 11) is 2.03. The molecule has 1 atom stereocenters. The van der Waals surface area contributed by atoms with Crippen molar-refractivity contribution in [2.24, 2.45) is 0 Å². The van der Waals surface area contributed by atoms with Gasteiger partial charge in [0.1, 0.15) is 0 Å². The minimum Gasteiger partial charge on any atom is -0.481 e. The Kier molecular flexibility index (Phi) is 4.24. The number of piperazine rings is 1. The normalized spacial score (nSPS) is 21.0. The van der Waals surface area contributed by atoms with E-state index in [1.807, 2.05) is 31.3 Å². The molecular formula is C13H17BrN2O2. The van der Waals surface area contributed by atoms with E-state index in [1.54, 1.807) is 0 Å². The Morgan fingerprint density at radius 3 is 2.83 bits per heavy atom. The number of likely N-dealkylation sites (N-methyl/N-ethyl adjacent to an activating group) is 1. The largest absolute Gasteiger partial charge is 0.481 e. The van der Waals surface area contributed by atoms with Gasteiger partial charge in [-0.1, -0.05) is 12.1 Å². The summed E-state index contributed by atoms with van der Waals surface area (Å²) < 4.78 is 1.02. The van der Waals surface area contributed by atoms with Gasteiger partial charge >= 0.3 is 5.97 Å². The summed E-state index contributed by atoms with van der Waals surface area (Å²) >= 11 is 3.54. The number of halogens is 1. The third kappa shape index (κ3) is 3.03.